The van der Waals surface area contributed by atoms with Crippen LogP contribution in [0.4, 0.5) is 5.69 Å². The first-order valence-corrected chi connectivity index (χ1v) is 5.16. The van der Waals surface area contributed by atoms with Gasteiger partial charge < -0.3 is 9.64 Å². The zero-order valence-electron chi connectivity index (χ0n) is 8.86. The molecule has 2 nitrogen and oxygen atoms in total. The molecule has 14 heavy (non-hydrogen) atoms. The third-order valence-corrected chi connectivity index (χ3v) is 2.71. The summed E-state index contributed by atoms with van der Waals surface area (Å²) in [6.45, 7) is 0.917. The van der Waals surface area contributed by atoms with Gasteiger partial charge in [0.25, 0.3) is 0 Å². The SMILES string of the molecule is CN(C)c1ccc(C2CCCO2)cc1. The van der Waals surface area contributed by atoms with Gasteiger partial charge >= 0.3 is 0 Å². The lowest BCUT2D eigenvalue weighted by Crippen LogP contribution is -2.08. The van der Waals surface area contributed by atoms with Crippen LogP contribution in [-0.4, -0.2) is 20.7 Å². The van der Waals surface area contributed by atoms with Crippen molar-refractivity contribution >= 4 is 5.69 Å². The predicted octanol–water partition coefficient (Wildman–Crippen LogP) is 2.60. The fraction of sp³-hybridized carbons (Fsp3) is 0.500. The Morgan fingerprint density at radius 2 is 1.93 bits per heavy atom. The van der Waals surface area contributed by atoms with Crippen LogP contribution in [0.2, 0.25) is 0 Å². The van der Waals surface area contributed by atoms with E-state index in [-0.39, 0.29) is 0 Å². The summed E-state index contributed by atoms with van der Waals surface area (Å²) in [4.78, 5) is 2.11. The minimum absolute atomic E-state index is 0.339. The molecule has 0 N–H and O–H groups in total. The Labute approximate surface area is 85.5 Å². The molecule has 0 bridgehead atoms. The molecule has 0 aromatic heterocycles. The molecule has 0 radical (unpaired) electrons. The maximum atomic E-state index is 5.63. The third-order valence-electron chi connectivity index (χ3n) is 2.71. The highest BCUT2D eigenvalue weighted by molar-refractivity contribution is 5.46. The normalized spacial score (nSPS) is 21.1. The number of nitrogens with zero attached hydrogens (tertiary/aromatic N) is 1. The van der Waals surface area contributed by atoms with Crippen molar-refractivity contribution < 1.29 is 4.74 Å². The van der Waals surface area contributed by atoms with Gasteiger partial charge in [0.05, 0.1) is 6.10 Å². The van der Waals surface area contributed by atoms with E-state index in [2.05, 4.69) is 43.3 Å². The minimum Gasteiger partial charge on any atom is -0.378 e. The molecule has 0 amide bonds. The Hall–Kier alpha value is -1.02. The highest BCUT2D eigenvalue weighted by Crippen LogP contribution is 2.29. The van der Waals surface area contributed by atoms with Crippen molar-refractivity contribution in [2.75, 3.05) is 25.6 Å². The lowest BCUT2D eigenvalue weighted by molar-refractivity contribution is 0.112. The molecular weight excluding hydrogens is 174 g/mol. The first-order chi connectivity index (χ1) is 6.77. The van der Waals surface area contributed by atoms with Crippen LogP contribution < -0.4 is 4.90 Å². The van der Waals surface area contributed by atoms with Crippen LogP contribution in [0.5, 0.6) is 0 Å². The van der Waals surface area contributed by atoms with E-state index >= 15 is 0 Å². The van der Waals surface area contributed by atoms with E-state index in [1.165, 1.54) is 24.1 Å². The van der Waals surface area contributed by atoms with Gasteiger partial charge in [-0.05, 0) is 30.5 Å². The fourth-order valence-electron chi connectivity index (χ4n) is 1.83. The molecule has 76 valence electrons. The zero-order valence-corrected chi connectivity index (χ0v) is 8.86. The van der Waals surface area contributed by atoms with Gasteiger partial charge in [0.1, 0.15) is 0 Å². The fourth-order valence-corrected chi connectivity index (χ4v) is 1.83. The van der Waals surface area contributed by atoms with Gasteiger partial charge in [-0.1, -0.05) is 12.1 Å². The molecule has 1 saturated heterocycles. The predicted molar refractivity (Wildman–Crippen MR) is 58.7 cm³/mol. The Balaban J connectivity index is 2.12. The summed E-state index contributed by atoms with van der Waals surface area (Å²) >= 11 is 0. The summed E-state index contributed by atoms with van der Waals surface area (Å²) in [5, 5.41) is 0. The Bertz CT molecular complexity index is 286. The molecule has 1 aliphatic rings. The van der Waals surface area contributed by atoms with Crippen LogP contribution >= 0.6 is 0 Å². The number of ether oxygens (including phenoxy) is 1. The second kappa shape index (κ2) is 4.01. The molecule has 1 atom stereocenters. The number of benzene rings is 1. The van der Waals surface area contributed by atoms with E-state index in [0.717, 1.165) is 6.61 Å². The molecule has 1 aromatic rings. The van der Waals surface area contributed by atoms with Crippen LogP contribution in [0, 0.1) is 0 Å². The Morgan fingerprint density at radius 1 is 1.21 bits per heavy atom. The first-order valence-electron chi connectivity index (χ1n) is 5.16. The molecule has 1 aliphatic heterocycles. The molecule has 2 heteroatoms. The lowest BCUT2D eigenvalue weighted by Gasteiger charge is -2.14. The zero-order chi connectivity index (χ0) is 9.97. The molecule has 1 unspecified atom stereocenters. The standard InChI is InChI=1S/C12H17NO/c1-13(2)11-7-5-10(6-8-11)12-4-3-9-14-12/h5-8,12H,3-4,9H2,1-2H3. The molecule has 0 saturated carbocycles. The van der Waals surface area contributed by atoms with Crippen molar-refractivity contribution in [3.63, 3.8) is 0 Å². The number of anilines is 1. The molecule has 0 aliphatic carbocycles. The van der Waals surface area contributed by atoms with Crippen molar-refractivity contribution in [3.05, 3.63) is 29.8 Å². The van der Waals surface area contributed by atoms with E-state index in [0.29, 0.717) is 6.10 Å². The molecular formula is C12H17NO. The maximum absolute atomic E-state index is 5.63. The second-order valence-electron chi connectivity index (χ2n) is 3.99. The quantitative estimate of drug-likeness (QED) is 0.712. The van der Waals surface area contributed by atoms with Crippen LogP contribution in [0.1, 0.15) is 24.5 Å². The van der Waals surface area contributed by atoms with Crippen LogP contribution in [-0.2, 0) is 4.74 Å². The average molecular weight is 191 g/mol. The second-order valence-corrected chi connectivity index (χ2v) is 3.99. The van der Waals surface area contributed by atoms with Gasteiger partial charge in [0.15, 0.2) is 0 Å². The topological polar surface area (TPSA) is 12.5 Å². The van der Waals surface area contributed by atoms with Crippen molar-refractivity contribution in [1.82, 2.24) is 0 Å². The monoisotopic (exact) mass is 191 g/mol. The smallest absolute Gasteiger partial charge is 0.0825 e. The number of hydrogen-bond donors (Lipinski definition) is 0. The summed E-state index contributed by atoms with van der Waals surface area (Å²) in [7, 11) is 4.11. The lowest BCUT2D eigenvalue weighted by atomic mass is 10.1. The summed E-state index contributed by atoms with van der Waals surface area (Å²) in [6, 6.07) is 8.64. The van der Waals surface area contributed by atoms with Crippen LogP contribution in [0.3, 0.4) is 0 Å². The van der Waals surface area contributed by atoms with E-state index in [4.69, 9.17) is 4.74 Å². The largest absolute Gasteiger partial charge is 0.378 e. The number of rotatable bonds is 2. The molecule has 1 aromatic carbocycles. The van der Waals surface area contributed by atoms with Crippen molar-refractivity contribution in [2.45, 2.75) is 18.9 Å². The molecule has 0 spiro atoms. The van der Waals surface area contributed by atoms with Crippen LogP contribution in [0.15, 0.2) is 24.3 Å². The van der Waals surface area contributed by atoms with Gasteiger partial charge in [0.2, 0.25) is 0 Å². The van der Waals surface area contributed by atoms with E-state index in [1.807, 2.05) is 0 Å². The Kier molecular flexibility index (Phi) is 2.73. The van der Waals surface area contributed by atoms with E-state index in [1.54, 1.807) is 0 Å². The van der Waals surface area contributed by atoms with E-state index in [9.17, 15) is 0 Å². The van der Waals surface area contributed by atoms with Crippen molar-refractivity contribution in [1.29, 1.82) is 0 Å². The average Bonchev–Trinajstić information content (AvgIpc) is 2.71. The van der Waals surface area contributed by atoms with Crippen molar-refractivity contribution in [2.24, 2.45) is 0 Å². The summed E-state index contributed by atoms with van der Waals surface area (Å²) < 4.78 is 5.63. The maximum Gasteiger partial charge on any atom is 0.0825 e. The van der Waals surface area contributed by atoms with Crippen molar-refractivity contribution in [3.8, 4) is 0 Å². The third kappa shape index (κ3) is 1.90. The Morgan fingerprint density at radius 3 is 2.43 bits per heavy atom. The number of hydrogen-bond acceptors (Lipinski definition) is 2. The summed E-state index contributed by atoms with van der Waals surface area (Å²) in [5.74, 6) is 0. The van der Waals surface area contributed by atoms with E-state index < -0.39 is 0 Å². The van der Waals surface area contributed by atoms with Gasteiger partial charge in [-0.15, -0.1) is 0 Å². The van der Waals surface area contributed by atoms with Gasteiger partial charge in [0, 0.05) is 26.4 Å². The van der Waals surface area contributed by atoms with Crippen LogP contribution in [0.25, 0.3) is 0 Å². The summed E-state index contributed by atoms with van der Waals surface area (Å²) in [5.41, 5.74) is 2.56. The minimum atomic E-state index is 0.339. The first kappa shape index (κ1) is 9.53. The van der Waals surface area contributed by atoms with Gasteiger partial charge in [-0.25, -0.2) is 0 Å². The van der Waals surface area contributed by atoms with Gasteiger partial charge in [-0.3, -0.25) is 0 Å². The van der Waals surface area contributed by atoms with Gasteiger partial charge in [-0.2, -0.15) is 0 Å². The highest BCUT2D eigenvalue weighted by atomic mass is 16.5. The molecule has 2 rings (SSSR count). The highest BCUT2D eigenvalue weighted by Gasteiger charge is 2.17. The molecule has 1 fully saturated rings. The summed E-state index contributed by atoms with van der Waals surface area (Å²) in [6.07, 6.45) is 2.70. The molecule has 1 heterocycles.